The Morgan fingerprint density at radius 1 is 1.32 bits per heavy atom. The Morgan fingerprint density at radius 2 is 2.09 bits per heavy atom. The molecule has 0 saturated carbocycles. The first-order valence-electron chi connectivity index (χ1n) is 7.36. The lowest BCUT2D eigenvalue weighted by molar-refractivity contribution is 0.0734. The molecule has 1 aromatic heterocycles. The van der Waals surface area contributed by atoms with Crippen molar-refractivity contribution in [1.82, 2.24) is 19.7 Å². The van der Waals surface area contributed by atoms with Gasteiger partial charge in [0.2, 0.25) is 0 Å². The molecule has 1 N–H and O–H groups in total. The molecule has 0 bridgehead atoms. The van der Waals surface area contributed by atoms with Gasteiger partial charge >= 0.3 is 0 Å². The highest BCUT2D eigenvalue weighted by Crippen LogP contribution is 2.12. The second-order valence-electron chi connectivity index (χ2n) is 5.70. The van der Waals surface area contributed by atoms with Crippen LogP contribution < -0.4 is 4.74 Å². The van der Waals surface area contributed by atoms with Crippen LogP contribution in [0.2, 0.25) is 0 Å². The maximum atomic E-state index is 10.1. The summed E-state index contributed by atoms with van der Waals surface area (Å²) in [7, 11) is 3.88. The third-order valence-electron chi connectivity index (χ3n) is 3.55. The van der Waals surface area contributed by atoms with Crippen LogP contribution in [0.3, 0.4) is 0 Å². The summed E-state index contributed by atoms with van der Waals surface area (Å²) < 4.78 is 7.57. The maximum absolute atomic E-state index is 10.1. The molecule has 6 nitrogen and oxygen atoms in total. The molecular weight excluding hydrogens is 280 g/mol. The monoisotopic (exact) mass is 304 g/mol. The molecule has 0 radical (unpaired) electrons. The van der Waals surface area contributed by atoms with Crippen LogP contribution in [-0.2, 0) is 13.6 Å². The second kappa shape index (κ2) is 7.38. The van der Waals surface area contributed by atoms with Gasteiger partial charge in [-0.25, -0.2) is 0 Å². The summed E-state index contributed by atoms with van der Waals surface area (Å²) >= 11 is 0. The van der Waals surface area contributed by atoms with Crippen LogP contribution >= 0.6 is 0 Å². The smallest absolute Gasteiger partial charge is 0.146 e. The summed E-state index contributed by atoms with van der Waals surface area (Å²) in [5.41, 5.74) is 1.14. The molecule has 2 rings (SSSR count). The first-order chi connectivity index (χ1) is 10.5. The molecule has 0 aliphatic carbocycles. The van der Waals surface area contributed by atoms with Crippen molar-refractivity contribution in [2.75, 3.05) is 20.2 Å². The first-order valence-corrected chi connectivity index (χ1v) is 7.36. The molecule has 1 unspecified atom stereocenters. The topological polar surface area (TPSA) is 63.4 Å². The van der Waals surface area contributed by atoms with E-state index in [1.807, 2.05) is 61.7 Å². The number of aliphatic hydroxyl groups is 1. The quantitative estimate of drug-likeness (QED) is 0.835. The van der Waals surface area contributed by atoms with Crippen LogP contribution in [-0.4, -0.2) is 51.1 Å². The largest absolute Gasteiger partial charge is 0.491 e. The molecule has 0 saturated heterocycles. The molecular formula is C16H24N4O2. The van der Waals surface area contributed by atoms with Gasteiger partial charge in [-0.15, -0.1) is 10.2 Å². The van der Waals surface area contributed by atoms with E-state index in [1.165, 1.54) is 0 Å². The standard InChI is InChI=1S/C16H24N4O2/c1-12-6-5-7-15(8-12)22-11-14(21)9-19(3)10-16-18-17-13(2)20(16)4/h5-8,14,21H,9-11H2,1-4H3. The van der Waals surface area contributed by atoms with Gasteiger partial charge in [0, 0.05) is 13.6 Å². The van der Waals surface area contributed by atoms with E-state index in [0.717, 1.165) is 23.0 Å². The number of rotatable bonds is 7. The average molecular weight is 304 g/mol. The Morgan fingerprint density at radius 3 is 2.73 bits per heavy atom. The van der Waals surface area contributed by atoms with E-state index in [0.29, 0.717) is 13.1 Å². The van der Waals surface area contributed by atoms with Crippen LogP contribution in [0.1, 0.15) is 17.2 Å². The fourth-order valence-corrected chi connectivity index (χ4v) is 2.20. The third-order valence-corrected chi connectivity index (χ3v) is 3.55. The molecule has 1 heterocycles. The van der Waals surface area contributed by atoms with Crippen molar-refractivity contribution >= 4 is 0 Å². The molecule has 0 fully saturated rings. The highest BCUT2D eigenvalue weighted by Gasteiger charge is 2.13. The highest BCUT2D eigenvalue weighted by atomic mass is 16.5. The van der Waals surface area contributed by atoms with Gasteiger partial charge in [-0.3, -0.25) is 4.90 Å². The van der Waals surface area contributed by atoms with Gasteiger partial charge in [-0.05, 0) is 38.6 Å². The van der Waals surface area contributed by atoms with Crippen molar-refractivity contribution in [2.45, 2.75) is 26.5 Å². The number of benzene rings is 1. The van der Waals surface area contributed by atoms with Crippen molar-refractivity contribution in [3.05, 3.63) is 41.5 Å². The summed E-state index contributed by atoms with van der Waals surface area (Å²) in [4.78, 5) is 2.01. The van der Waals surface area contributed by atoms with Crippen LogP contribution in [0.5, 0.6) is 5.75 Å². The minimum atomic E-state index is -0.556. The van der Waals surface area contributed by atoms with Gasteiger partial charge in [0.15, 0.2) is 0 Å². The lowest BCUT2D eigenvalue weighted by Crippen LogP contribution is -2.33. The van der Waals surface area contributed by atoms with E-state index in [1.54, 1.807) is 0 Å². The average Bonchev–Trinajstić information content (AvgIpc) is 2.77. The molecule has 0 aliphatic rings. The van der Waals surface area contributed by atoms with E-state index < -0.39 is 6.10 Å². The molecule has 22 heavy (non-hydrogen) atoms. The van der Waals surface area contributed by atoms with Crippen molar-refractivity contribution in [3.8, 4) is 5.75 Å². The van der Waals surface area contributed by atoms with Crippen LogP contribution in [0.15, 0.2) is 24.3 Å². The van der Waals surface area contributed by atoms with Gasteiger partial charge in [0.25, 0.3) is 0 Å². The predicted octanol–water partition coefficient (Wildman–Crippen LogP) is 1.30. The SMILES string of the molecule is Cc1cccc(OCC(O)CN(C)Cc2nnc(C)n2C)c1. The number of nitrogens with zero attached hydrogens (tertiary/aromatic N) is 4. The Hall–Kier alpha value is -1.92. The zero-order valence-electron chi connectivity index (χ0n) is 13.7. The zero-order valence-corrected chi connectivity index (χ0v) is 13.7. The lowest BCUT2D eigenvalue weighted by Gasteiger charge is -2.20. The number of likely N-dealkylation sites (N-methyl/N-ethyl adjacent to an activating group) is 1. The van der Waals surface area contributed by atoms with E-state index in [-0.39, 0.29) is 6.61 Å². The Kier molecular flexibility index (Phi) is 5.51. The summed E-state index contributed by atoms with van der Waals surface area (Å²) in [5.74, 6) is 2.55. The van der Waals surface area contributed by atoms with E-state index >= 15 is 0 Å². The molecule has 0 aliphatic heterocycles. The van der Waals surface area contributed by atoms with E-state index in [9.17, 15) is 5.11 Å². The molecule has 0 amide bonds. The number of aliphatic hydroxyl groups excluding tert-OH is 1. The number of aryl methyl sites for hydroxylation is 2. The Labute approximate surface area is 131 Å². The number of aromatic nitrogens is 3. The van der Waals surface area contributed by atoms with Gasteiger partial charge in [-0.1, -0.05) is 12.1 Å². The van der Waals surface area contributed by atoms with Crippen molar-refractivity contribution in [1.29, 1.82) is 0 Å². The second-order valence-corrected chi connectivity index (χ2v) is 5.70. The molecule has 0 spiro atoms. The number of hydrogen-bond donors (Lipinski definition) is 1. The van der Waals surface area contributed by atoms with Gasteiger partial charge in [0.05, 0.1) is 6.54 Å². The lowest BCUT2D eigenvalue weighted by atomic mass is 10.2. The normalized spacial score (nSPS) is 12.6. The molecule has 1 atom stereocenters. The minimum Gasteiger partial charge on any atom is -0.491 e. The van der Waals surface area contributed by atoms with Crippen molar-refractivity contribution in [3.63, 3.8) is 0 Å². The maximum Gasteiger partial charge on any atom is 0.146 e. The fraction of sp³-hybridized carbons (Fsp3) is 0.500. The number of hydrogen-bond acceptors (Lipinski definition) is 5. The molecule has 6 heteroatoms. The summed E-state index contributed by atoms with van der Waals surface area (Å²) in [6, 6.07) is 7.81. The fourth-order valence-electron chi connectivity index (χ4n) is 2.20. The Bertz CT molecular complexity index is 612. The third kappa shape index (κ3) is 4.54. The van der Waals surface area contributed by atoms with Crippen LogP contribution in [0, 0.1) is 13.8 Å². The van der Waals surface area contributed by atoms with E-state index in [4.69, 9.17) is 4.74 Å². The van der Waals surface area contributed by atoms with Gasteiger partial charge < -0.3 is 14.4 Å². The minimum absolute atomic E-state index is 0.269. The highest BCUT2D eigenvalue weighted by molar-refractivity contribution is 5.27. The summed E-state index contributed by atoms with van der Waals surface area (Å²) in [6.07, 6.45) is -0.556. The summed E-state index contributed by atoms with van der Waals surface area (Å²) in [6.45, 7) is 5.35. The molecule has 1 aromatic carbocycles. The number of ether oxygens (including phenoxy) is 1. The Balaban J connectivity index is 1.79. The molecule has 120 valence electrons. The van der Waals surface area contributed by atoms with Crippen molar-refractivity contribution < 1.29 is 9.84 Å². The predicted molar refractivity (Wildman–Crippen MR) is 84.8 cm³/mol. The summed E-state index contributed by atoms with van der Waals surface area (Å²) in [5, 5.41) is 18.2. The molecule has 2 aromatic rings. The van der Waals surface area contributed by atoms with Crippen LogP contribution in [0.25, 0.3) is 0 Å². The van der Waals surface area contributed by atoms with Crippen molar-refractivity contribution in [2.24, 2.45) is 7.05 Å². The van der Waals surface area contributed by atoms with Gasteiger partial charge in [0.1, 0.15) is 30.1 Å². The van der Waals surface area contributed by atoms with Gasteiger partial charge in [-0.2, -0.15) is 0 Å². The van der Waals surface area contributed by atoms with E-state index in [2.05, 4.69) is 10.2 Å². The first kappa shape index (κ1) is 16.5. The van der Waals surface area contributed by atoms with Crippen LogP contribution in [0.4, 0.5) is 0 Å². The zero-order chi connectivity index (χ0) is 16.1.